The van der Waals surface area contributed by atoms with Gasteiger partial charge in [-0.15, -0.1) is 0 Å². The molecule has 1 aliphatic carbocycles. The first-order valence-corrected chi connectivity index (χ1v) is 13.9. The van der Waals surface area contributed by atoms with Crippen LogP contribution in [0.3, 0.4) is 0 Å². The van der Waals surface area contributed by atoms with Crippen molar-refractivity contribution in [3.05, 3.63) is 48.0 Å². The summed E-state index contributed by atoms with van der Waals surface area (Å²) in [5.74, 6) is -1.44. The van der Waals surface area contributed by atoms with Gasteiger partial charge in [0, 0.05) is 49.9 Å². The Bertz CT molecular complexity index is 1190. The Labute approximate surface area is 211 Å². The number of aromatic amines is 1. The number of nitriles is 1. The van der Waals surface area contributed by atoms with Crippen LogP contribution in [-0.4, -0.2) is 60.2 Å². The minimum atomic E-state index is -3.94. The molecule has 2 aliphatic rings. The van der Waals surface area contributed by atoms with E-state index in [1.807, 2.05) is 6.07 Å². The van der Waals surface area contributed by atoms with E-state index in [1.54, 1.807) is 12.5 Å². The molecule has 3 unspecified atom stereocenters. The predicted molar refractivity (Wildman–Crippen MR) is 132 cm³/mol. The molecule has 2 amide bonds. The highest BCUT2D eigenvalue weighted by atomic mass is 32.2. The quantitative estimate of drug-likeness (QED) is 0.537. The van der Waals surface area contributed by atoms with Gasteiger partial charge in [-0.05, 0) is 49.9 Å². The van der Waals surface area contributed by atoms with Crippen molar-refractivity contribution in [2.24, 2.45) is 11.8 Å². The van der Waals surface area contributed by atoms with Gasteiger partial charge in [0.25, 0.3) is 0 Å². The molecular weight excluding hydrogens is 480 g/mol. The monoisotopic (exact) mass is 512 g/mol. The number of rotatable bonds is 6. The lowest BCUT2D eigenvalue weighted by Crippen LogP contribution is -2.47. The number of amides is 2. The highest BCUT2D eigenvalue weighted by Crippen LogP contribution is 2.38. The van der Waals surface area contributed by atoms with Crippen LogP contribution in [0.15, 0.2) is 41.7 Å². The second kappa shape index (κ2) is 11.7. The van der Waals surface area contributed by atoms with E-state index in [-0.39, 0.29) is 29.7 Å². The summed E-state index contributed by atoms with van der Waals surface area (Å²) in [4.78, 5) is 33.2. The molecule has 0 spiro atoms. The van der Waals surface area contributed by atoms with Crippen molar-refractivity contribution in [1.29, 1.82) is 5.26 Å². The van der Waals surface area contributed by atoms with Gasteiger partial charge >= 0.3 is 0 Å². The average Bonchev–Trinajstić information content (AvgIpc) is 3.55. The van der Waals surface area contributed by atoms with Gasteiger partial charge in [-0.25, -0.2) is 13.4 Å². The van der Waals surface area contributed by atoms with Gasteiger partial charge in [-0.3, -0.25) is 9.59 Å². The van der Waals surface area contributed by atoms with Crippen LogP contribution in [0, 0.1) is 23.2 Å². The molecule has 1 aliphatic heterocycles. The van der Waals surface area contributed by atoms with Gasteiger partial charge < -0.3 is 15.6 Å². The SMILES string of the molecule is N#Cc1ccc(S(=O)(=O)N2CCCCCCNC(=O)C3CC(C(=O)NCCc4cnc[nH]4)CC32)cc1. The zero-order valence-electron chi connectivity index (χ0n) is 20.2. The van der Waals surface area contributed by atoms with Crippen molar-refractivity contribution < 1.29 is 18.0 Å². The lowest BCUT2D eigenvalue weighted by molar-refractivity contribution is -0.126. The average molecular weight is 513 g/mol. The first-order valence-electron chi connectivity index (χ1n) is 12.4. The summed E-state index contributed by atoms with van der Waals surface area (Å²) < 4.78 is 29.0. The zero-order chi connectivity index (χ0) is 25.5. The summed E-state index contributed by atoms with van der Waals surface area (Å²) in [5, 5.41) is 15.0. The second-order valence-corrected chi connectivity index (χ2v) is 11.3. The summed E-state index contributed by atoms with van der Waals surface area (Å²) >= 11 is 0. The van der Waals surface area contributed by atoms with Crippen molar-refractivity contribution in [3.8, 4) is 6.07 Å². The first kappa shape index (κ1) is 25.9. The largest absolute Gasteiger partial charge is 0.356 e. The Kier molecular flexibility index (Phi) is 8.38. The maximum atomic E-state index is 13.8. The van der Waals surface area contributed by atoms with Crippen LogP contribution in [0.1, 0.15) is 49.8 Å². The minimum absolute atomic E-state index is 0.0861. The normalized spacial score (nSPS) is 23.6. The zero-order valence-corrected chi connectivity index (χ0v) is 21.0. The standard InChI is InChI=1S/C25H32N6O4S/c26-15-18-5-7-21(8-6-18)36(34,35)31-12-4-2-1-3-10-28-25(33)22-13-19(14-23(22)31)24(32)29-11-9-20-16-27-17-30-20/h5-8,16-17,19,22-23H,1-4,9-14H2,(H,27,30)(H,28,33)(H,29,32). The molecule has 11 heteroatoms. The molecule has 192 valence electrons. The Morgan fingerprint density at radius 2 is 1.94 bits per heavy atom. The molecule has 1 aromatic heterocycles. The molecule has 0 radical (unpaired) electrons. The number of nitrogens with one attached hydrogen (secondary N) is 3. The molecule has 0 bridgehead atoms. The fraction of sp³-hybridized carbons (Fsp3) is 0.520. The number of benzene rings is 1. The number of carbonyl (C=O) groups excluding carboxylic acids is 2. The van der Waals surface area contributed by atoms with E-state index in [2.05, 4.69) is 20.6 Å². The molecule has 1 aromatic carbocycles. The van der Waals surface area contributed by atoms with Gasteiger partial charge in [0.05, 0.1) is 28.8 Å². The number of hydrogen-bond donors (Lipinski definition) is 3. The molecule has 2 fully saturated rings. The molecule has 3 atom stereocenters. The van der Waals surface area contributed by atoms with Gasteiger partial charge in [-0.2, -0.15) is 9.57 Å². The van der Waals surface area contributed by atoms with E-state index in [0.717, 1.165) is 25.0 Å². The second-order valence-electron chi connectivity index (χ2n) is 9.42. The molecule has 1 saturated carbocycles. The summed E-state index contributed by atoms with van der Waals surface area (Å²) in [5.41, 5.74) is 1.28. The third kappa shape index (κ3) is 5.94. The Hall–Kier alpha value is -3.23. The first-order chi connectivity index (χ1) is 17.4. The molecule has 2 heterocycles. The number of imidazole rings is 1. The number of hydrogen-bond acceptors (Lipinski definition) is 6. The van der Waals surface area contributed by atoms with Crippen molar-refractivity contribution in [2.75, 3.05) is 19.6 Å². The van der Waals surface area contributed by atoms with Crippen molar-refractivity contribution in [1.82, 2.24) is 24.9 Å². The fourth-order valence-corrected chi connectivity index (χ4v) is 6.82. The molecule has 1 saturated heterocycles. The number of aromatic nitrogens is 2. The van der Waals surface area contributed by atoms with Crippen molar-refractivity contribution in [3.63, 3.8) is 0 Å². The van der Waals surface area contributed by atoms with E-state index in [9.17, 15) is 18.0 Å². The smallest absolute Gasteiger partial charge is 0.243 e. The molecule has 3 N–H and O–H groups in total. The van der Waals surface area contributed by atoms with Crippen molar-refractivity contribution >= 4 is 21.8 Å². The maximum absolute atomic E-state index is 13.8. The summed E-state index contributed by atoms with van der Waals surface area (Å²) in [7, 11) is -3.94. The summed E-state index contributed by atoms with van der Waals surface area (Å²) in [6, 6.07) is 7.21. The van der Waals surface area contributed by atoms with E-state index in [0.29, 0.717) is 37.9 Å². The maximum Gasteiger partial charge on any atom is 0.243 e. The Morgan fingerprint density at radius 1 is 1.17 bits per heavy atom. The highest BCUT2D eigenvalue weighted by molar-refractivity contribution is 7.89. The van der Waals surface area contributed by atoms with Gasteiger partial charge in [-0.1, -0.05) is 12.8 Å². The van der Waals surface area contributed by atoms with Gasteiger partial charge in [0.2, 0.25) is 21.8 Å². The summed E-state index contributed by atoms with van der Waals surface area (Å²) in [6.07, 6.45) is 7.73. The van der Waals surface area contributed by atoms with Crippen LogP contribution in [0.25, 0.3) is 0 Å². The van der Waals surface area contributed by atoms with Crippen LogP contribution in [0.5, 0.6) is 0 Å². The van der Waals surface area contributed by atoms with Gasteiger partial charge in [0.15, 0.2) is 0 Å². The van der Waals surface area contributed by atoms with Crippen LogP contribution in [0.4, 0.5) is 0 Å². The highest BCUT2D eigenvalue weighted by Gasteiger charge is 2.47. The van der Waals surface area contributed by atoms with E-state index in [1.165, 1.54) is 28.6 Å². The van der Waals surface area contributed by atoms with Crippen LogP contribution in [-0.2, 0) is 26.0 Å². The number of sulfonamides is 1. The Balaban J connectivity index is 1.56. The Morgan fingerprint density at radius 3 is 2.67 bits per heavy atom. The fourth-order valence-electron chi connectivity index (χ4n) is 5.11. The van der Waals surface area contributed by atoms with Crippen molar-refractivity contribution in [2.45, 2.75) is 55.9 Å². The van der Waals surface area contributed by atoms with Crippen LogP contribution in [0.2, 0.25) is 0 Å². The number of fused-ring (bicyclic) bond motifs is 1. The van der Waals surface area contributed by atoms with E-state index >= 15 is 0 Å². The third-order valence-corrected chi connectivity index (χ3v) is 8.99. The van der Waals surface area contributed by atoms with Crippen LogP contribution < -0.4 is 10.6 Å². The van der Waals surface area contributed by atoms with E-state index in [4.69, 9.17) is 5.26 Å². The molecule has 10 nitrogen and oxygen atoms in total. The van der Waals surface area contributed by atoms with E-state index < -0.39 is 27.9 Å². The lowest BCUT2D eigenvalue weighted by Gasteiger charge is -2.31. The number of H-pyrrole nitrogens is 1. The third-order valence-electron chi connectivity index (χ3n) is 7.05. The molecule has 36 heavy (non-hydrogen) atoms. The summed E-state index contributed by atoms with van der Waals surface area (Å²) in [6.45, 7) is 1.25. The lowest BCUT2D eigenvalue weighted by atomic mass is 10.0. The number of nitrogens with zero attached hydrogens (tertiary/aromatic N) is 3. The molecule has 2 aromatic rings. The van der Waals surface area contributed by atoms with Gasteiger partial charge in [0.1, 0.15) is 0 Å². The topological polar surface area (TPSA) is 148 Å². The molecule has 4 rings (SSSR count). The van der Waals surface area contributed by atoms with Crippen LogP contribution >= 0.6 is 0 Å². The molecular formula is C25H32N6O4S. The predicted octanol–water partition coefficient (Wildman–Crippen LogP) is 1.72. The minimum Gasteiger partial charge on any atom is -0.356 e. The number of carbonyl (C=O) groups is 2.